The Morgan fingerprint density at radius 2 is 2.18 bits per heavy atom. The van der Waals surface area contributed by atoms with Gasteiger partial charge in [0.1, 0.15) is 0 Å². The van der Waals surface area contributed by atoms with Gasteiger partial charge >= 0.3 is 5.97 Å². The molecule has 0 aromatic carbocycles. The van der Waals surface area contributed by atoms with E-state index in [1.807, 2.05) is 12.3 Å². The van der Waals surface area contributed by atoms with E-state index in [2.05, 4.69) is 5.32 Å². The second-order valence-corrected chi connectivity index (χ2v) is 6.31. The second-order valence-electron chi connectivity index (χ2n) is 5.53. The number of likely N-dealkylation sites (tertiary alicyclic amines) is 1. The molecule has 0 saturated carbocycles. The van der Waals surface area contributed by atoms with Gasteiger partial charge in [0.15, 0.2) is 0 Å². The van der Waals surface area contributed by atoms with Gasteiger partial charge in [-0.3, -0.25) is 14.4 Å². The van der Waals surface area contributed by atoms with Crippen molar-refractivity contribution in [3.05, 3.63) is 22.4 Å². The highest BCUT2D eigenvalue weighted by Crippen LogP contribution is 2.22. The van der Waals surface area contributed by atoms with Crippen LogP contribution in [0.15, 0.2) is 16.8 Å². The number of carbonyl (C=O) groups excluding carboxylic acids is 2. The summed E-state index contributed by atoms with van der Waals surface area (Å²) in [4.78, 5) is 36.7. The fourth-order valence-electron chi connectivity index (χ4n) is 2.58. The molecule has 2 rings (SSSR count). The number of nitrogens with one attached hydrogen (secondary N) is 1. The first-order chi connectivity index (χ1) is 10.5. The van der Waals surface area contributed by atoms with Gasteiger partial charge < -0.3 is 15.3 Å². The minimum absolute atomic E-state index is 0.0516. The zero-order valence-corrected chi connectivity index (χ0v) is 13.3. The molecule has 0 bridgehead atoms. The Morgan fingerprint density at radius 1 is 1.41 bits per heavy atom. The number of carboxylic acids is 1. The molecule has 0 aliphatic carbocycles. The second kappa shape index (κ2) is 7.40. The van der Waals surface area contributed by atoms with Gasteiger partial charge in [0, 0.05) is 36.5 Å². The summed E-state index contributed by atoms with van der Waals surface area (Å²) in [6.07, 6.45) is 1.49. The van der Waals surface area contributed by atoms with Crippen molar-refractivity contribution in [1.82, 2.24) is 10.2 Å². The van der Waals surface area contributed by atoms with E-state index in [4.69, 9.17) is 5.11 Å². The van der Waals surface area contributed by atoms with E-state index in [0.717, 1.165) is 0 Å². The molecule has 1 aliphatic heterocycles. The van der Waals surface area contributed by atoms with Crippen LogP contribution in [0.3, 0.4) is 0 Å². The predicted octanol–water partition coefficient (Wildman–Crippen LogP) is 1.58. The van der Waals surface area contributed by atoms with Crippen LogP contribution in [-0.2, 0) is 9.59 Å². The Labute approximate surface area is 133 Å². The topological polar surface area (TPSA) is 86.7 Å². The van der Waals surface area contributed by atoms with Gasteiger partial charge in [-0.1, -0.05) is 0 Å². The molecule has 2 atom stereocenters. The van der Waals surface area contributed by atoms with Crippen LogP contribution < -0.4 is 5.32 Å². The van der Waals surface area contributed by atoms with Crippen LogP contribution in [0.25, 0.3) is 0 Å². The number of piperidine rings is 1. The standard InChI is InChI=1S/C15H20N2O4S/c1-10-2-3-11(15(20)21)8-17(10)13(18)4-6-16-14(19)12-5-7-22-9-12/h5,7,9-11H,2-4,6,8H2,1H3,(H,16,19)(H,20,21). The van der Waals surface area contributed by atoms with Gasteiger partial charge in [-0.25, -0.2) is 0 Å². The molecule has 1 aromatic heterocycles. The SMILES string of the molecule is CC1CCC(C(=O)O)CN1C(=O)CCNC(=O)c1ccsc1. The summed E-state index contributed by atoms with van der Waals surface area (Å²) in [6.45, 7) is 2.45. The van der Waals surface area contributed by atoms with Crippen LogP contribution in [0.2, 0.25) is 0 Å². The summed E-state index contributed by atoms with van der Waals surface area (Å²) >= 11 is 1.44. The zero-order valence-electron chi connectivity index (χ0n) is 12.4. The van der Waals surface area contributed by atoms with Gasteiger partial charge in [0.2, 0.25) is 5.91 Å². The van der Waals surface area contributed by atoms with Crippen LogP contribution in [0.4, 0.5) is 0 Å². The minimum atomic E-state index is -0.851. The van der Waals surface area contributed by atoms with Gasteiger partial charge in [-0.05, 0) is 31.2 Å². The summed E-state index contributed by atoms with van der Waals surface area (Å²) in [7, 11) is 0. The van der Waals surface area contributed by atoms with E-state index in [1.54, 1.807) is 16.3 Å². The molecule has 2 N–H and O–H groups in total. The summed E-state index contributed by atoms with van der Waals surface area (Å²) in [5, 5.41) is 15.4. The van der Waals surface area contributed by atoms with Crippen molar-refractivity contribution in [3.63, 3.8) is 0 Å². The first kappa shape index (κ1) is 16.5. The number of nitrogens with zero attached hydrogens (tertiary/aromatic N) is 1. The first-order valence-corrected chi connectivity index (χ1v) is 8.26. The van der Waals surface area contributed by atoms with Gasteiger partial charge in [-0.15, -0.1) is 0 Å². The van der Waals surface area contributed by atoms with E-state index in [1.165, 1.54) is 11.3 Å². The number of amides is 2. The fraction of sp³-hybridized carbons (Fsp3) is 0.533. The molecule has 2 unspecified atom stereocenters. The van der Waals surface area contributed by atoms with Gasteiger partial charge in [0.25, 0.3) is 5.91 Å². The molecule has 1 saturated heterocycles. The number of hydrogen-bond donors (Lipinski definition) is 2. The molecule has 1 aliphatic rings. The predicted molar refractivity (Wildman–Crippen MR) is 82.8 cm³/mol. The number of thiophene rings is 1. The lowest BCUT2D eigenvalue weighted by atomic mass is 9.93. The highest BCUT2D eigenvalue weighted by molar-refractivity contribution is 7.08. The van der Waals surface area contributed by atoms with Crippen LogP contribution >= 0.6 is 11.3 Å². The van der Waals surface area contributed by atoms with Crippen LogP contribution in [0.1, 0.15) is 36.5 Å². The third-order valence-corrected chi connectivity index (χ3v) is 4.64. The third-order valence-electron chi connectivity index (χ3n) is 3.96. The lowest BCUT2D eigenvalue weighted by molar-refractivity contribution is -0.147. The van der Waals surface area contributed by atoms with Crippen molar-refractivity contribution in [2.24, 2.45) is 5.92 Å². The van der Waals surface area contributed by atoms with Crippen molar-refractivity contribution < 1.29 is 19.5 Å². The van der Waals surface area contributed by atoms with Gasteiger partial charge in [0.05, 0.1) is 5.92 Å². The number of rotatable bonds is 5. The lowest BCUT2D eigenvalue weighted by Crippen LogP contribution is -2.48. The largest absolute Gasteiger partial charge is 0.481 e. The molecule has 2 amide bonds. The quantitative estimate of drug-likeness (QED) is 0.861. The monoisotopic (exact) mass is 324 g/mol. The molecular weight excluding hydrogens is 304 g/mol. The van der Waals surface area contributed by atoms with Gasteiger partial charge in [-0.2, -0.15) is 11.3 Å². The molecule has 0 radical (unpaired) electrons. The van der Waals surface area contributed by atoms with E-state index in [0.29, 0.717) is 18.4 Å². The molecule has 1 fully saturated rings. The smallest absolute Gasteiger partial charge is 0.308 e. The summed E-state index contributed by atoms with van der Waals surface area (Å²) in [5.41, 5.74) is 0.592. The number of carbonyl (C=O) groups is 3. The van der Waals surface area contributed by atoms with Crippen molar-refractivity contribution in [2.75, 3.05) is 13.1 Å². The highest BCUT2D eigenvalue weighted by atomic mass is 32.1. The Balaban J connectivity index is 1.81. The Bertz CT molecular complexity index is 544. The number of aliphatic carboxylic acids is 1. The summed E-state index contributed by atoms with van der Waals surface area (Å²) in [5.74, 6) is -1.63. The highest BCUT2D eigenvalue weighted by Gasteiger charge is 2.32. The normalized spacial score (nSPS) is 21.4. The maximum absolute atomic E-state index is 12.2. The Kier molecular flexibility index (Phi) is 5.54. The average molecular weight is 324 g/mol. The minimum Gasteiger partial charge on any atom is -0.481 e. The molecule has 2 heterocycles. The zero-order chi connectivity index (χ0) is 16.1. The summed E-state index contributed by atoms with van der Waals surface area (Å²) in [6, 6.07) is 1.78. The van der Waals surface area contributed by atoms with Crippen molar-refractivity contribution in [1.29, 1.82) is 0 Å². The Morgan fingerprint density at radius 3 is 2.82 bits per heavy atom. The fourth-order valence-corrected chi connectivity index (χ4v) is 3.21. The van der Waals surface area contributed by atoms with Crippen molar-refractivity contribution >= 4 is 29.1 Å². The molecule has 0 spiro atoms. The van der Waals surface area contributed by atoms with E-state index in [9.17, 15) is 14.4 Å². The van der Waals surface area contributed by atoms with E-state index < -0.39 is 11.9 Å². The van der Waals surface area contributed by atoms with Crippen LogP contribution in [0, 0.1) is 5.92 Å². The first-order valence-electron chi connectivity index (χ1n) is 7.31. The number of hydrogen-bond acceptors (Lipinski definition) is 4. The third kappa shape index (κ3) is 4.07. The molecule has 1 aromatic rings. The molecule has 6 nitrogen and oxygen atoms in total. The van der Waals surface area contributed by atoms with E-state index >= 15 is 0 Å². The molecule has 120 valence electrons. The molecule has 7 heteroatoms. The van der Waals surface area contributed by atoms with Crippen LogP contribution in [0.5, 0.6) is 0 Å². The van der Waals surface area contributed by atoms with E-state index in [-0.39, 0.29) is 37.4 Å². The van der Waals surface area contributed by atoms with Crippen molar-refractivity contribution in [3.8, 4) is 0 Å². The molecule has 22 heavy (non-hydrogen) atoms. The van der Waals surface area contributed by atoms with Crippen molar-refractivity contribution in [2.45, 2.75) is 32.2 Å². The lowest BCUT2D eigenvalue weighted by Gasteiger charge is -2.36. The maximum Gasteiger partial charge on any atom is 0.308 e. The average Bonchev–Trinajstić information content (AvgIpc) is 3.01. The Hall–Kier alpha value is -1.89. The molecular formula is C15H20N2O4S. The number of carboxylic acid groups (broad SMARTS) is 1. The maximum atomic E-state index is 12.2. The summed E-state index contributed by atoms with van der Waals surface area (Å²) < 4.78 is 0. The van der Waals surface area contributed by atoms with Crippen LogP contribution in [-0.4, -0.2) is 46.9 Å².